The summed E-state index contributed by atoms with van der Waals surface area (Å²) >= 11 is 0. The van der Waals surface area contributed by atoms with Crippen molar-refractivity contribution in [3.63, 3.8) is 0 Å². The second-order valence-electron chi connectivity index (χ2n) is 8.42. The van der Waals surface area contributed by atoms with E-state index in [0.717, 1.165) is 18.8 Å². The molecular weight excluding hydrogens is 356 g/mol. The van der Waals surface area contributed by atoms with Crippen molar-refractivity contribution in [1.29, 1.82) is 0 Å². The normalized spacial score (nSPS) is 50.3. The van der Waals surface area contributed by atoms with Gasteiger partial charge in [-0.05, 0) is 80.5 Å². The third kappa shape index (κ3) is 5.48. The Hall–Kier alpha value is -0.580. The Morgan fingerprint density at radius 2 is 1.63 bits per heavy atom. The Bertz CT molecular complexity index is 643. The molecule has 5 heteroatoms. The first-order chi connectivity index (χ1) is 14.4. The lowest BCUT2D eigenvalue weighted by Crippen LogP contribution is -2.36. The molecule has 0 bridgehead atoms. The Morgan fingerprint density at radius 3 is 2.19 bits per heavy atom. The summed E-state index contributed by atoms with van der Waals surface area (Å²) in [6.45, 7) is -1.35. The van der Waals surface area contributed by atoms with Crippen molar-refractivity contribution in [3.8, 4) is 0 Å². The molecule has 0 heterocycles. The van der Waals surface area contributed by atoms with Gasteiger partial charge in [-0.3, -0.25) is 0 Å². The molecular formula is C22H34F4O. The standard InChI is InChI=1S/C22H34F4O/c1-2-3-14-4-6-15(7-5-14)16-8-10-17(11-9-16)18-12-19(23)21(20(24)13-18)27-22(25)26/h12,14-18,20-22H,2-11,13H2,1H3/i13D2,18D,20D. The topological polar surface area (TPSA) is 9.23 Å². The maximum absolute atomic E-state index is 15.1. The maximum Gasteiger partial charge on any atom is 0.346 e. The first kappa shape index (κ1) is 16.2. The molecule has 0 aliphatic heterocycles. The Labute approximate surface area is 166 Å². The van der Waals surface area contributed by atoms with Crippen molar-refractivity contribution >= 4 is 0 Å². The van der Waals surface area contributed by atoms with Crippen molar-refractivity contribution in [1.82, 2.24) is 0 Å². The van der Waals surface area contributed by atoms with Crippen molar-refractivity contribution < 1.29 is 27.8 Å². The first-order valence-corrected chi connectivity index (χ1v) is 10.4. The summed E-state index contributed by atoms with van der Waals surface area (Å²) in [4.78, 5) is 0. The number of ether oxygens (including phenoxy) is 1. The van der Waals surface area contributed by atoms with Crippen LogP contribution < -0.4 is 0 Å². The Balaban J connectivity index is 1.70. The van der Waals surface area contributed by atoms with Crippen LogP contribution in [0.1, 0.15) is 83.0 Å². The zero-order valence-corrected chi connectivity index (χ0v) is 16.0. The van der Waals surface area contributed by atoms with Gasteiger partial charge in [-0.2, -0.15) is 8.78 Å². The molecule has 0 amide bonds. The summed E-state index contributed by atoms with van der Waals surface area (Å²) < 4.78 is 91.4. The number of alkyl halides is 3. The van der Waals surface area contributed by atoms with Crippen molar-refractivity contribution in [3.05, 3.63) is 11.9 Å². The van der Waals surface area contributed by atoms with Crippen LogP contribution in [0.15, 0.2) is 11.9 Å². The molecule has 27 heavy (non-hydrogen) atoms. The van der Waals surface area contributed by atoms with Gasteiger partial charge in [-0.25, -0.2) is 8.78 Å². The molecule has 1 nitrogen and oxygen atoms in total. The van der Waals surface area contributed by atoms with Gasteiger partial charge < -0.3 is 4.74 Å². The molecule has 0 spiro atoms. The van der Waals surface area contributed by atoms with Crippen LogP contribution in [-0.2, 0) is 4.74 Å². The van der Waals surface area contributed by atoms with E-state index < -0.39 is 42.9 Å². The van der Waals surface area contributed by atoms with E-state index in [1.165, 1.54) is 38.5 Å². The highest BCUT2D eigenvalue weighted by Crippen LogP contribution is 2.46. The van der Waals surface area contributed by atoms with E-state index in [2.05, 4.69) is 11.7 Å². The highest BCUT2D eigenvalue weighted by Gasteiger charge is 2.40. The lowest BCUT2D eigenvalue weighted by Gasteiger charge is -2.40. The maximum atomic E-state index is 15.1. The van der Waals surface area contributed by atoms with Crippen LogP contribution in [0.4, 0.5) is 17.6 Å². The van der Waals surface area contributed by atoms with Crippen LogP contribution >= 0.6 is 0 Å². The number of rotatable bonds is 6. The average molecular weight is 395 g/mol. The van der Waals surface area contributed by atoms with Gasteiger partial charge in [-0.1, -0.05) is 32.6 Å². The smallest absolute Gasteiger partial charge is 0.309 e. The molecule has 0 saturated heterocycles. The fourth-order valence-electron chi connectivity index (χ4n) is 5.29. The summed E-state index contributed by atoms with van der Waals surface area (Å²) in [5.74, 6) is -2.67. The summed E-state index contributed by atoms with van der Waals surface area (Å²) in [6, 6.07) is 0. The van der Waals surface area contributed by atoms with E-state index in [9.17, 15) is 13.2 Å². The van der Waals surface area contributed by atoms with Gasteiger partial charge in [0.15, 0.2) is 0 Å². The first-order valence-electron chi connectivity index (χ1n) is 12.4. The van der Waals surface area contributed by atoms with Crippen molar-refractivity contribution in [2.45, 2.75) is 96.4 Å². The second-order valence-corrected chi connectivity index (χ2v) is 8.42. The van der Waals surface area contributed by atoms with Crippen LogP contribution in [0.25, 0.3) is 0 Å². The molecule has 2 saturated carbocycles. The van der Waals surface area contributed by atoms with E-state index in [-0.39, 0.29) is 0 Å². The fourth-order valence-corrected chi connectivity index (χ4v) is 5.29. The van der Waals surface area contributed by atoms with Gasteiger partial charge in [0.25, 0.3) is 0 Å². The summed E-state index contributed by atoms with van der Waals surface area (Å²) in [7, 11) is 0. The lowest BCUT2D eigenvalue weighted by molar-refractivity contribution is -0.176. The number of allylic oxidation sites excluding steroid dienone is 1. The predicted octanol–water partition coefficient (Wildman–Crippen LogP) is 7.22. The van der Waals surface area contributed by atoms with E-state index >= 15 is 4.39 Å². The zero-order valence-electron chi connectivity index (χ0n) is 20.0. The molecule has 3 atom stereocenters. The molecule has 3 aliphatic carbocycles. The van der Waals surface area contributed by atoms with Gasteiger partial charge in [-0.15, -0.1) is 0 Å². The molecule has 2 fully saturated rings. The van der Waals surface area contributed by atoms with Crippen LogP contribution in [0, 0.1) is 29.6 Å². The third-order valence-corrected chi connectivity index (χ3v) is 6.74. The van der Waals surface area contributed by atoms with E-state index in [0.29, 0.717) is 30.8 Å². The van der Waals surface area contributed by atoms with Crippen LogP contribution in [0.5, 0.6) is 0 Å². The minimum Gasteiger partial charge on any atom is -0.309 e. The van der Waals surface area contributed by atoms with Gasteiger partial charge in [0, 0.05) is 4.11 Å². The second kappa shape index (κ2) is 9.76. The fraction of sp³-hybridized carbons (Fsp3) is 0.909. The van der Waals surface area contributed by atoms with E-state index in [4.69, 9.17) is 5.48 Å². The number of hydrogen-bond donors (Lipinski definition) is 0. The molecule has 3 aliphatic rings. The molecule has 0 N–H and O–H groups in total. The van der Waals surface area contributed by atoms with Crippen LogP contribution in [0.3, 0.4) is 0 Å². The highest BCUT2D eigenvalue weighted by molar-refractivity contribution is 5.11. The van der Waals surface area contributed by atoms with Crippen LogP contribution in [-0.4, -0.2) is 18.9 Å². The van der Waals surface area contributed by atoms with Gasteiger partial charge >= 0.3 is 6.61 Å². The van der Waals surface area contributed by atoms with Crippen molar-refractivity contribution in [2.24, 2.45) is 29.6 Å². The number of hydrogen-bond acceptors (Lipinski definition) is 1. The molecule has 3 unspecified atom stereocenters. The summed E-state index contributed by atoms with van der Waals surface area (Å²) in [6.07, 6.45) is 0.525. The number of halogens is 4. The summed E-state index contributed by atoms with van der Waals surface area (Å²) in [5, 5.41) is 0. The molecule has 156 valence electrons. The SMILES string of the molecule is [2H]C1(F)C(OC(F)F)C(F)=CC([2H])(C2CCC(C3CCC(CCC)CC3)CC2)C1([2H])[2H]. The Morgan fingerprint density at radius 1 is 1.07 bits per heavy atom. The largest absolute Gasteiger partial charge is 0.346 e. The van der Waals surface area contributed by atoms with E-state index in [1.54, 1.807) is 0 Å². The zero-order chi connectivity index (χ0) is 23.0. The van der Waals surface area contributed by atoms with Crippen LogP contribution in [0.2, 0.25) is 0 Å². The average Bonchev–Trinajstić information content (AvgIpc) is 2.71. The van der Waals surface area contributed by atoms with Crippen molar-refractivity contribution in [2.75, 3.05) is 0 Å². The molecule has 0 aromatic heterocycles. The monoisotopic (exact) mass is 394 g/mol. The summed E-state index contributed by atoms with van der Waals surface area (Å²) in [5.41, 5.74) is 0. The van der Waals surface area contributed by atoms with Gasteiger partial charge in [0.1, 0.15) is 18.1 Å². The molecule has 3 rings (SSSR count). The predicted molar refractivity (Wildman–Crippen MR) is 98.9 cm³/mol. The Kier molecular flexibility index (Phi) is 5.87. The minimum atomic E-state index is -3.83. The lowest BCUT2D eigenvalue weighted by atomic mass is 9.66. The van der Waals surface area contributed by atoms with Gasteiger partial charge in [0.05, 0.1) is 1.37 Å². The molecule has 0 aromatic rings. The molecule has 0 aromatic carbocycles. The molecule has 0 radical (unpaired) electrons. The highest BCUT2D eigenvalue weighted by atomic mass is 19.3. The minimum absolute atomic E-state index is 0.433. The quantitative estimate of drug-likeness (QED) is 0.432. The van der Waals surface area contributed by atoms with Gasteiger partial charge in [0.2, 0.25) is 0 Å². The van der Waals surface area contributed by atoms with E-state index in [1.807, 2.05) is 0 Å². The third-order valence-electron chi connectivity index (χ3n) is 6.74.